The van der Waals surface area contributed by atoms with E-state index in [-0.39, 0.29) is 6.04 Å². The number of rotatable bonds is 4. The molecule has 1 N–H and O–H groups in total. The molecular weight excluding hydrogens is 238 g/mol. The second kappa shape index (κ2) is 5.87. The Labute approximate surface area is 112 Å². The molecule has 1 heterocycles. The van der Waals surface area contributed by atoms with Crippen molar-refractivity contribution in [3.63, 3.8) is 0 Å². The van der Waals surface area contributed by atoms with Crippen molar-refractivity contribution in [3.8, 4) is 11.8 Å². The number of nitrogens with zero attached hydrogens (tertiary/aromatic N) is 2. The lowest BCUT2D eigenvalue weighted by molar-refractivity contribution is 0.416. The molecule has 0 saturated heterocycles. The SMILES string of the molecule is COc1cccc(C#N)c1NC(C)c1ccccn1. The van der Waals surface area contributed by atoms with Crippen LogP contribution < -0.4 is 10.1 Å². The number of benzene rings is 1. The van der Waals surface area contributed by atoms with Gasteiger partial charge in [0, 0.05) is 6.20 Å². The molecule has 0 fully saturated rings. The number of nitrogens with one attached hydrogen (secondary N) is 1. The first-order valence-electron chi connectivity index (χ1n) is 6.01. The number of pyridine rings is 1. The summed E-state index contributed by atoms with van der Waals surface area (Å²) in [6.45, 7) is 2.00. The third-order valence-corrected chi connectivity index (χ3v) is 2.86. The molecule has 1 aromatic heterocycles. The van der Waals surface area contributed by atoms with E-state index in [0.29, 0.717) is 17.0 Å². The van der Waals surface area contributed by atoms with Crippen LogP contribution in [0, 0.1) is 11.3 Å². The Morgan fingerprint density at radius 3 is 2.74 bits per heavy atom. The lowest BCUT2D eigenvalue weighted by Crippen LogP contribution is -2.10. The number of para-hydroxylation sites is 1. The number of nitriles is 1. The molecule has 4 heteroatoms. The van der Waals surface area contributed by atoms with E-state index in [1.807, 2.05) is 31.2 Å². The smallest absolute Gasteiger partial charge is 0.143 e. The van der Waals surface area contributed by atoms with Crippen molar-refractivity contribution in [2.24, 2.45) is 0 Å². The number of hydrogen-bond acceptors (Lipinski definition) is 4. The van der Waals surface area contributed by atoms with Crippen LogP contribution in [-0.4, -0.2) is 12.1 Å². The fourth-order valence-electron chi connectivity index (χ4n) is 1.87. The van der Waals surface area contributed by atoms with E-state index in [4.69, 9.17) is 10.00 Å². The maximum absolute atomic E-state index is 9.16. The van der Waals surface area contributed by atoms with Crippen LogP contribution in [0.4, 0.5) is 5.69 Å². The zero-order valence-electron chi connectivity index (χ0n) is 10.9. The standard InChI is InChI=1S/C15H15N3O/c1-11(13-7-3-4-9-17-13)18-15-12(10-16)6-5-8-14(15)19-2/h3-9,11,18H,1-2H3. The zero-order chi connectivity index (χ0) is 13.7. The fraction of sp³-hybridized carbons (Fsp3) is 0.200. The van der Waals surface area contributed by atoms with Crippen LogP contribution >= 0.6 is 0 Å². The minimum atomic E-state index is -0.00963. The quantitative estimate of drug-likeness (QED) is 0.909. The van der Waals surface area contributed by atoms with Gasteiger partial charge in [-0.15, -0.1) is 0 Å². The average molecular weight is 253 g/mol. The fourth-order valence-corrected chi connectivity index (χ4v) is 1.87. The molecule has 2 aromatic rings. The predicted octanol–water partition coefficient (Wildman–Crippen LogP) is 3.13. The summed E-state index contributed by atoms with van der Waals surface area (Å²) in [7, 11) is 1.59. The van der Waals surface area contributed by atoms with Crippen LogP contribution in [0.3, 0.4) is 0 Å². The Morgan fingerprint density at radius 1 is 1.26 bits per heavy atom. The van der Waals surface area contributed by atoms with Gasteiger partial charge < -0.3 is 10.1 Å². The largest absolute Gasteiger partial charge is 0.495 e. The van der Waals surface area contributed by atoms with E-state index in [1.54, 1.807) is 25.4 Å². The highest BCUT2D eigenvalue weighted by Crippen LogP contribution is 2.30. The first-order chi connectivity index (χ1) is 9.26. The number of aromatic nitrogens is 1. The summed E-state index contributed by atoms with van der Waals surface area (Å²) in [5.41, 5.74) is 2.17. The van der Waals surface area contributed by atoms with Crippen LogP contribution in [0.5, 0.6) is 5.75 Å². The molecule has 1 unspecified atom stereocenters. The van der Waals surface area contributed by atoms with Gasteiger partial charge >= 0.3 is 0 Å². The van der Waals surface area contributed by atoms with E-state index < -0.39 is 0 Å². The first-order valence-corrected chi connectivity index (χ1v) is 6.01. The Bertz CT molecular complexity index is 590. The van der Waals surface area contributed by atoms with E-state index in [9.17, 15) is 0 Å². The van der Waals surface area contributed by atoms with Gasteiger partial charge in [0.2, 0.25) is 0 Å². The van der Waals surface area contributed by atoms with Crippen molar-refractivity contribution in [3.05, 3.63) is 53.9 Å². The van der Waals surface area contributed by atoms with Gasteiger partial charge in [-0.05, 0) is 31.2 Å². The van der Waals surface area contributed by atoms with Gasteiger partial charge in [0.25, 0.3) is 0 Å². The topological polar surface area (TPSA) is 57.9 Å². The van der Waals surface area contributed by atoms with Crippen LogP contribution in [0.2, 0.25) is 0 Å². The predicted molar refractivity (Wildman–Crippen MR) is 74.0 cm³/mol. The lowest BCUT2D eigenvalue weighted by Gasteiger charge is -2.18. The molecule has 0 amide bonds. The van der Waals surface area contributed by atoms with Crippen molar-refractivity contribution in [1.82, 2.24) is 4.98 Å². The molecule has 0 radical (unpaired) electrons. The molecule has 0 bridgehead atoms. The van der Waals surface area contributed by atoms with Crippen molar-refractivity contribution >= 4 is 5.69 Å². The molecule has 96 valence electrons. The van der Waals surface area contributed by atoms with Gasteiger partial charge in [0.05, 0.1) is 30.1 Å². The molecule has 4 nitrogen and oxygen atoms in total. The zero-order valence-corrected chi connectivity index (χ0v) is 10.9. The highest BCUT2D eigenvalue weighted by molar-refractivity contribution is 5.66. The highest BCUT2D eigenvalue weighted by atomic mass is 16.5. The minimum Gasteiger partial charge on any atom is -0.495 e. The normalized spacial score (nSPS) is 11.4. The summed E-state index contributed by atoms with van der Waals surface area (Å²) in [4.78, 5) is 4.30. The van der Waals surface area contributed by atoms with Crippen molar-refractivity contribution in [1.29, 1.82) is 5.26 Å². The molecular formula is C15H15N3O. The summed E-state index contributed by atoms with van der Waals surface area (Å²) < 4.78 is 5.29. The first kappa shape index (κ1) is 12.9. The summed E-state index contributed by atoms with van der Waals surface area (Å²) in [6.07, 6.45) is 1.75. The Balaban J connectivity index is 2.31. The average Bonchev–Trinajstić information content (AvgIpc) is 2.48. The summed E-state index contributed by atoms with van der Waals surface area (Å²) >= 11 is 0. The number of methoxy groups -OCH3 is 1. The van der Waals surface area contributed by atoms with Crippen LogP contribution in [0.15, 0.2) is 42.6 Å². The minimum absolute atomic E-state index is 0.00963. The van der Waals surface area contributed by atoms with Gasteiger partial charge in [-0.25, -0.2) is 0 Å². The third kappa shape index (κ3) is 2.83. The maximum Gasteiger partial charge on any atom is 0.143 e. The summed E-state index contributed by atoms with van der Waals surface area (Å²) in [5.74, 6) is 0.654. The Hall–Kier alpha value is -2.54. The van der Waals surface area contributed by atoms with Gasteiger partial charge in [-0.1, -0.05) is 12.1 Å². The van der Waals surface area contributed by atoms with Crippen molar-refractivity contribution in [2.75, 3.05) is 12.4 Å². The van der Waals surface area contributed by atoms with E-state index in [1.165, 1.54) is 0 Å². The number of anilines is 1. The molecule has 0 spiro atoms. The van der Waals surface area contributed by atoms with Gasteiger partial charge in [0.15, 0.2) is 0 Å². The second-order valence-corrected chi connectivity index (χ2v) is 4.12. The molecule has 19 heavy (non-hydrogen) atoms. The van der Waals surface area contributed by atoms with E-state index in [0.717, 1.165) is 5.69 Å². The van der Waals surface area contributed by atoms with E-state index >= 15 is 0 Å². The molecule has 1 aromatic carbocycles. The van der Waals surface area contributed by atoms with E-state index in [2.05, 4.69) is 16.4 Å². The lowest BCUT2D eigenvalue weighted by atomic mass is 10.1. The van der Waals surface area contributed by atoms with Crippen LogP contribution in [-0.2, 0) is 0 Å². The van der Waals surface area contributed by atoms with Crippen LogP contribution in [0.1, 0.15) is 24.2 Å². The number of ether oxygens (including phenoxy) is 1. The molecule has 0 aliphatic heterocycles. The van der Waals surface area contributed by atoms with Gasteiger partial charge in [-0.3, -0.25) is 4.98 Å². The Morgan fingerprint density at radius 2 is 2.11 bits per heavy atom. The highest BCUT2D eigenvalue weighted by Gasteiger charge is 2.13. The van der Waals surface area contributed by atoms with Gasteiger partial charge in [-0.2, -0.15) is 5.26 Å². The molecule has 2 rings (SSSR count). The Kier molecular flexibility index (Phi) is 3.99. The molecule has 0 aliphatic rings. The molecule has 0 saturated carbocycles. The van der Waals surface area contributed by atoms with Crippen molar-refractivity contribution in [2.45, 2.75) is 13.0 Å². The van der Waals surface area contributed by atoms with Gasteiger partial charge in [0.1, 0.15) is 11.8 Å². The summed E-state index contributed by atoms with van der Waals surface area (Å²) in [6, 6.07) is 13.3. The second-order valence-electron chi connectivity index (χ2n) is 4.12. The molecule has 0 aliphatic carbocycles. The van der Waals surface area contributed by atoms with Crippen molar-refractivity contribution < 1.29 is 4.74 Å². The third-order valence-electron chi connectivity index (χ3n) is 2.86. The van der Waals surface area contributed by atoms with Crippen LogP contribution in [0.25, 0.3) is 0 Å². The maximum atomic E-state index is 9.16. The summed E-state index contributed by atoms with van der Waals surface area (Å²) in [5, 5.41) is 12.4. The monoisotopic (exact) mass is 253 g/mol. The number of hydrogen-bond donors (Lipinski definition) is 1. The molecule has 1 atom stereocenters.